The second-order valence-electron chi connectivity index (χ2n) is 7.48. The summed E-state index contributed by atoms with van der Waals surface area (Å²) in [5.41, 5.74) is 6.63. The van der Waals surface area contributed by atoms with E-state index >= 15 is 0 Å². The number of nitrogens with two attached hydrogens (primary N) is 1. The van der Waals surface area contributed by atoms with Gasteiger partial charge in [-0.25, -0.2) is 12.8 Å². The highest BCUT2D eigenvalue weighted by atomic mass is 32.2. The molecule has 0 aliphatic rings. The first-order valence-electron chi connectivity index (χ1n) is 9.98. The van der Waals surface area contributed by atoms with E-state index in [0.29, 0.717) is 22.2 Å². The molecule has 7 nitrogen and oxygen atoms in total. The van der Waals surface area contributed by atoms with Crippen LogP contribution in [0.5, 0.6) is 0 Å². The number of rotatable bonds is 7. The third-order valence-electron chi connectivity index (χ3n) is 5.16. The highest BCUT2D eigenvalue weighted by molar-refractivity contribution is 7.90. The smallest absolute Gasteiger partial charge is 0.248 e. The molecule has 3 N–H and O–H groups in total. The van der Waals surface area contributed by atoms with Gasteiger partial charge in [0, 0.05) is 33.9 Å². The van der Waals surface area contributed by atoms with Gasteiger partial charge in [0.2, 0.25) is 11.8 Å². The summed E-state index contributed by atoms with van der Waals surface area (Å²) in [7, 11) is -3.89. The Balaban J connectivity index is 1.61. The van der Waals surface area contributed by atoms with Crippen molar-refractivity contribution in [2.24, 2.45) is 5.73 Å². The van der Waals surface area contributed by atoms with E-state index < -0.39 is 27.3 Å². The number of primary amides is 1. The minimum absolute atomic E-state index is 0.0277. The lowest BCUT2D eigenvalue weighted by atomic mass is 10.2. The number of aromatic nitrogens is 1. The number of fused-ring (bicyclic) bond motifs is 1. The molecule has 1 aromatic heterocycles. The molecule has 4 rings (SSSR count). The summed E-state index contributed by atoms with van der Waals surface area (Å²) >= 11 is 0. The van der Waals surface area contributed by atoms with Gasteiger partial charge in [-0.1, -0.05) is 36.4 Å². The Morgan fingerprint density at radius 2 is 1.61 bits per heavy atom. The Hall–Kier alpha value is -3.98. The largest absolute Gasteiger partial charge is 0.366 e. The molecule has 0 spiro atoms. The summed E-state index contributed by atoms with van der Waals surface area (Å²) in [5.74, 6) is -2.05. The number of carbonyl (C=O) groups is 2. The van der Waals surface area contributed by atoms with Crippen molar-refractivity contribution in [3.05, 3.63) is 95.9 Å². The van der Waals surface area contributed by atoms with Crippen LogP contribution in [0, 0.1) is 5.82 Å². The number of amides is 2. The van der Waals surface area contributed by atoms with Crippen LogP contribution in [0.1, 0.15) is 15.9 Å². The monoisotopic (exact) mass is 465 g/mol. The molecular formula is C24H20FN3O4S. The maximum absolute atomic E-state index is 14.1. The highest BCUT2D eigenvalue weighted by Gasteiger charge is 2.23. The maximum Gasteiger partial charge on any atom is 0.248 e. The van der Waals surface area contributed by atoms with Crippen LogP contribution in [0.4, 0.5) is 10.1 Å². The van der Waals surface area contributed by atoms with E-state index in [2.05, 4.69) is 5.32 Å². The van der Waals surface area contributed by atoms with Crippen LogP contribution in [0.15, 0.2) is 83.9 Å². The van der Waals surface area contributed by atoms with Gasteiger partial charge in [-0.05, 0) is 36.4 Å². The fourth-order valence-electron chi connectivity index (χ4n) is 3.56. The third-order valence-corrected chi connectivity index (χ3v) is 6.84. The lowest BCUT2D eigenvalue weighted by molar-refractivity contribution is -0.116. The van der Waals surface area contributed by atoms with Crippen molar-refractivity contribution in [1.29, 1.82) is 0 Å². The first-order chi connectivity index (χ1) is 15.7. The van der Waals surface area contributed by atoms with Gasteiger partial charge in [0.1, 0.15) is 12.4 Å². The summed E-state index contributed by atoms with van der Waals surface area (Å²) in [6, 6.07) is 18.6. The Kier molecular flexibility index (Phi) is 5.97. The topological polar surface area (TPSA) is 111 Å². The zero-order valence-electron chi connectivity index (χ0n) is 17.4. The Morgan fingerprint density at radius 3 is 2.30 bits per heavy atom. The molecule has 0 fully saturated rings. The first kappa shape index (κ1) is 22.2. The molecule has 0 saturated heterocycles. The van der Waals surface area contributed by atoms with Crippen molar-refractivity contribution < 1.29 is 22.4 Å². The lowest BCUT2D eigenvalue weighted by Gasteiger charge is -2.08. The lowest BCUT2D eigenvalue weighted by Crippen LogP contribution is -2.18. The van der Waals surface area contributed by atoms with Gasteiger partial charge in [-0.15, -0.1) is 0 Å². The van der Waals surface area contributed by atoms with Gasteiger partial charge in [-0.3, -0.25) is 9.59 Å². The van der Waals surface area contributed by atoms with Crippen LogP contribution in [0.2, 0.25) is 0 Å². The van der Waals surface area contributed by atoms with Gasteiger partial charge < -0.3 is 15.6 Å². The molecule has 168 valence electrons. The van der Waals surface area contributed by atoms with Crippen LogP contribution < -0.4 is 11.1 Å². The Bertz CT molecular complexity index is 1460. The van der Waals surface area contributed by atoms with E-state index in [9.17, 15) is 22.4 Å². The predicted octanol–water partition coefficient (Wildman–Crippen LogP) is 3.49. The quantitative estimate of drug-likeness (QED) is 0.435. The molecular weight excluding hydrogens is 445 g/mol. The summed E-state index contributed by atoms with van der Waals surface area (Å²) in [6.07, 6.45) is 1.40. The molecule has 0 bridgehead atoms. The molecule has 4 aromatic rings. The number of anilines is 1. The number of benzene rings is 3. The van der Waals surface area contributed by atoms with Crippen LogP contribution >= 0.6 is 0 Å². The highest BCUT2D eigenvalue weighted by Crippen LogP contribution is 2.28. The van der Waals surface area contributed by atoms with E-state index in [-0.39, 0.29) is 22.9 Å². The van der Waals surface area contributed by atoms with E-state index in [0.717, 1.165) is 0 Å². The molecule has 0 aliphatic heterocycles. The summed E-state index contributed by atoms with van der Waals surface area (Å²) in [6.45, 7) is -0.146. The number of hydrogen-bond acceptors (Lipinski definition) is 4. The average Bonchev–Trinajstić information content (AvgIpc) is 3.15. The zero-order valence-corrected chi connectivity index (χ0v) is 18.2. The molecule has 0 aliphatic carbocycles. The van der Waals surface area contributed by atoms with Crippen molar-refractivity contribution in [3.63, 3.8) is 0 Å². The van der Waals surface area contributed by atoms with Gasteiger partial charge in [0.15, 0.2) is 9.84 Å². The molecule has 0 saturated carbocycles. The summed E-state index contributed by atoms with van der Waals surface area (Å²) in [4.78, 5) is 23.8. The number of halogens is 1. The molecule has 1 heterocycles. The molecule has 9 heteroatoms. The molecule has 33 heavy (non-hydrogen) atoms. The van der Waals surface area contributed by atoms with Crippen molar-refractivity contribution in [3.8, 4) is 0 Å². The second kappa shape index (κ2) is 8.87. The van der Waals surface area contributed by atoms with Crippen LogP contribution in [-0.4, -0.2) is 24.8 Å². The van der Waals surface area contributed by atoms with E-state index in [1.807, 2.05) is 0 Å². The SMILES string of the molecule is NC(=O)c1ccc(NC(=O)Cn2cc(S(=O)(=O)Cc3ccccc3F)c3ccccc32)cc1. The molecule has 0 atom stereocenters. The van der Waals surface area contributed by atoms with Crippen molar-refractivity contribution in [2.75, 3.05) is 5.32 Å². The van der Waals surface area contributed by atoms with E-state index in [4.69, 9.17) is 5.73 Å². The fourth-order valence-corrected chi connectivity index (χ4v) is 5.16. The van der Waals surface area contributed by atoms with E-state index in [1.54, 1.807) is 42.5 Å². The van der Waals surface area contributed by atoms with Crippen molar-refractivity contribution >= 4 is 38.2 Å². The second-order valence-corrected chi connectivity index (χ2v) is 9.44. The van der Waals surface area contributed by atoms with Gasteiger partial charge in [0.25, 0.3) is 0 Å². The molecule has 0 unspecified atom stereocenters. The third kappa shape index (κ3) is 4.78. The molecule has 3 aromatic carbocycles. The molecule has 2 amide bonds. The van der Waals surface area contributed by atoms with Gasteiger partial charge in [-0.2, -0.15) is 0 Å². The Morgan fingerprint density at radius 1 is 0.939 bits per heavy atom. The maximum atomic E-state index is 14.1. The minimum atomic E-state index is -3.89. The van der Waals surface area contributed by atoms with Crippen LogP contribution in [-0.2, 0) is 26.9 Å². The van der Waals surface area contributed by atoms with Gasteiger partial charge >= 0.3 is 0 Å². The minimum Gasteiger partial charge on any atom is -0.366 e. The number of para-hydroxylation sites is 1. The Labute approximate surface area is 189 Å². The van der Waals surface area contributed by atoms with Crippen molar-refractivity contribution in [2.45, 2.75) is 17.2 Å². The van der Waals surface area contributed by atoms with Crippen LogP contribution in [0.3, 0.4) is 0 Å². The van der Waals surface area contributed by atoms with E-state index in [1.165, 1.54) is 41.1 Å². The van der Waals surface area contributed by atoms with Gasteiger partial charge in [0.05, 0.1) is 10.6 Å². The number of hydrogen-bond donors (Lipinski definition) is 2. The first-order valence-corrected chi connectivity index (χ1v) is 11.6. The number of nitrogens with one attached hydrogen (secondary N) is 1. The summed E-state index contributed by atoms with van der Waals surface area (Å²) < 4.78 is 41.8. The van der Waals surface area contributed by atoms with Crippen LogP contribution in [0.25, 0.3) is 10.9 Å². The normalized spacial score (nSPS) is 11.4. The molecule has 0 radical (unpaired) electrons. The predicted molar refractivity (Wildman–Crippen MR) is 123 cm³/mol. The zero-order chi connectivity index (χ0) is 23.6. The number of carbonyl (C=O) groups excluding carboxylic acids is 2. The number of sulfone groups is 1. The van der Waals surface area contributed by atoms with Crippen molar-refractivity contribution in [1.82, 2.24) is 4.57 Å². The summed E-state index contributed by atoms with van der Waals surface area (Å²) in [5, 5.41) is 3.16. The standard InChI is InChI=1S/C24H20FN3O4S/c25-20-7-3-1-5-17(20)15-33(31,32)22-13-28(21-8-4-2-6-19(21)22)14-23(29)27-18-11-9-16(10-12-18)24(26)30/h1-13H,14-15H2,(H2,26,30)(H,27,29). The average molecular weight is 466 g/mol. The fraction of sp³-hybridized carbons (Fsp3) is 0.0833. The number of nitrogens with zero attached hydrogens (tertiary/aromatic N) is 1.